The van der Waals surface area contributed by atoms with Gasteiger partial charge >= 0.3 is 0 Å². The van der Waals surface area contributed by atoms with Crippen molar-refractivity contribution in [2.45, 2.75) is 26.7 Å². The number of rotatable bonds is 5. The summed E-state index contributed by atoms with van der Waals surface area (Å²) >= 11 is 0. The molecule has 2 heteroatoms. The molecule has 0 heterocycles. The van der Waals surface area contributed by atoms with Crippen molar-refractivity contribution in [2.24, 2.45) is 5.92 Å². The highest BCUT2D eigenvalue weighted by Crippen LogP contribution is 2.23. The predicted octanol–water partition coefficient (Wildman–Crippen LogP) is 4.19. The molecule has 2 nitrogen and oxygen atoms in total. The summed E-state index contributed by atoms with van der Waals surface area (Å²) in [6.07, 6.45) is 1.87. The summed E-state index contributed by atoms with van der Waals surface area (Å²) in [4.78, 5) is 0. The lowest BCUT2D eigenvalue weighted by Crippen LogP contribution is -2.00. The van der Waals surface area contributed by atoms with Crippen molar-refractivity contribution >= 4 is 0 Å². The Morgan fingerprint density at radius 1 is 1.00 bits per heavy atom. The molecule has 0 aliphatic rings. The summed E-state index contributed by atoms with van der Waals surface area (Å²) < 4.78 is 5.18. The van der Waals surface area contributed by atoms with Crippen LogP contribution in [0.5, 0.6) is 11.5 Å². The molecule has 0 saturated carbocycles. The molecule has 0 fully saturated rings. The summed E-state index contributed by atoms with van der Waals surface area (Å²) in [5.74, 6) is 1.80. The number of phenolic OH excluding ortho intramolecular Hbond substituents is 1. The third-order valence-corrected chi connectivity index (χ3v) is 3.37. The van der Waals surface area contributed by atoms with E-state index in [0.717, 1.165) is 18.6 Å². The summed E-state index contributed by atoms with van der Waals surface area (Å²) in [5.41, 5.74) is 3.76. The van der Waals surface area contributed by atoms with Crippen LogP contribution in [0.3, 0.4) is 0 Å². The fraction of sp³-hybridized carbons (Fsp3) is 0.333. The predicted molar refractivity (Wildman–Crippen MR) is 82.4 cm³/mol. The molecule has 2 aromatic rings. The highest BCUT2D eigenvalue weighted by molar-refractivity contribution is 5.39. The molecule has 0 aliphatic carbocycles. The third kappa shape index (κ3) is 3.77. The SMILES string of the molecule is COc1ccc(Cc2ccc(O)cc2CC(C)C)cc1. The first-order valence-electron chi connectivity index (χ1n) is 7.02. The van der Waals surface area contributed by atoms with Crippen LogP contribution in [0.1, 0.15) is 30.5 Å². The number of phenols is 1. The fourth-order valence-corrected chi connectivity index (χ4v) is 2.38. The van der Waals surface area contributed by atoms with Gasteiger partial charge in [0.25, 0.3) is 0 Å². The van der Waals surface area contributed by atoms with Crippen LogP contribution in [0, 0.1) is 5.92 Å². The molecule has 0 aliphatic heterocycles. The average Bonchev–Trinajstić information content (AvgIpc) is 2.42. The van der Waals surface area contributed by atoms with Gasteiger partial charge in [0.1, 0.15) is 11.5 Å². The molecule has 0 saturated heterocycles. The van der Waals surface area contributed by atoms with E-state index in [-0.39, 0.29) is 0 Å². The summed E-state index contributed by atoms with van der Waals surface area (Å²) in [6, 6.07) is 13.8. The van der Waals surface area contributed by atoms with E-state index in [9.17, 15) is 5.11 Å². The molecule has 0 amide bonds. The molecule has 0 radical (unpaired) electrons. The second kappa shape index (κ2) is 6.47. The molecule has 2 rings (SSSR count). The molecule has 0 unspecified atom stereocenters. The largest absolute Gasteiger partial charge is 0.508 e. The normalized spacial score (nSPS) is 10.8. The van der Waals surface area contributed by atoms with Crippen LogP contribution in [0.4, 0.5) is 0 Å². The lowest BCUT2D eigenvalue weighted by atomic mass is 9.94. The first kappa shape index (κ1) is 14.4. The van der Waals surface area contributed by atoms with Gasteiger partial charge in [0.05, 0.1) is 7.11 Å². The minimum absolute atomic E-state index is 0.346. The van der Waals surface area contributed by atoms with Gasteiger partial charge in [-0.3, -0.25) is 0 Å². The minimum atomic E-state index is 0.346. The van der Waals surface area contributed by atoms with Crippen molar-refractivity contribution in [3.8, 4) is 11.5 Å². The highest BCUT2D eigenvalue weighted by Gasteiger charge is 2.07. The first-order chi connectivity index (χ1) is 9.58. The summed E-state index contributed by atoms with van der Waals surface area (Å²) in [6.45, 7) is 4.39. The number of ether oxygens (including phenoxy) is 1. The lowest BCUT2D eigenvalue weighted by molar-refractivity contribution is 0.414. The Labute approximate surface area is 121 Å². The van der Waals surface area contributed by atoms with E-state index in [0.29, 0.717) is 11.7 Å². The number of hydrogen-bond donors (Lipinski definition) is 1. The van der Waals surface area contributed by atoms with Gasteiger partial charge in [-0.1, -0.05) is 32.0 Å². The Bertz CT molecular complexity index is 556. The molecule has 0 bridgehead atoms. The third-order valence-electron chi connectivity index (χ3n) is 3.37. The van der Waals surface area contributed by atoms with E-state index in [4.69, 9.17) is 4.74 Å². The number of hydrogen-bond acceptors (Lipinski definition) is 2. The highest BCUT2D eigenvalue weighted by atomic mass is 16.5. The molecular formula is C18H22O2. The molecule has 0 atom stereocenters. The maximum Gasteiger partial charge on any atom is 0.118 e. The monoisotopic (exact) mass is 270 g/mol. The fourth-order valence-electron chi connectivity index (χ4n) is 2.38. The van der Waals surface area contributed by atoms with Gasteiger partial charge in [-0.15, -0.1) is 0 Å². The van der Waals surface area contributed by atoms with Crippen molar-refractivity contribution in [2.75, 3.05) is 7.11 Å². The van der Waals surface area contributed by atoms with Gasteiger partial charge in [-0.2, -0.15) is 0 Å². The topological polar surface area (TPSA) is 29.5 Å². The molecule has 0 aromatic heterocycles. The van der Waals surface area contributed by atoms with E-state index in [1.54, 1.807) is 13.2 Å². The van der Waals surface area contributed by atoms with Gasteiger partial charge in [0, 0.05) is 0 Å². The van der Waals surface area contributed by atoms with Crippen LogP contribution in [-0.2, 0) is 12.8 Å². The lowest BCUT2D eigenvalue weighted by Gasteiger charge is -2.12. The standard InChI is InChI=1S/C18H22O2/c1-13(2)10-16-12-17(19)7-6-15(16)11-14-4-8-18(20-3)9-5-14/h4-9,12-13,19H,10-11H2,1-3H3. The zero-order valence-corrected chi connectivity index (χ0v) is 12.4. The van der Waals surface area contributed by atoms with Gasteiger partial charge < -0.3 is 9.84 Å². The van der Waals surface area contributed by atoms with E-state index < -0.39 is 0 Å². The van der Waals surface area contributed by atoms with Gasteiger partial charge in [-0.05, 0) is 59.7 Å². The first-order valence-corrected chi connectivity index (χ1v) is 7.02. The van der Waals surface area contributed by atoms with Crippen molar-refractivity contribution in [1.82, 2.24) is 0 Å². The van der Waals surface area contributed by atoms with E-state index in [1.807, 2.05) is 24.3 Å². The smallest absolute Gasteiger partial charge is 0.118 e. The number of aromatic hydroxyl groups is 1. The van der Waals surface area contributed by atoms with Crippen LogP contribution in [0.2, 0.25) is 0 Å². The van der Waals surface area contributed by atoms with E-state index >= 15 is 0 Å². The average molecular weight is 270 g/mol. The van der Waals surface area contributed by atoms with Crippen molar-refractivity contribution < 1.29 is 9.84 Å². The zero-order valence-electron chi connectivity index (χ0n) is 12.4. The van der Waals surface area contributed by atoms with E-state index in [2.05, 4.69) is 26.0 Å². The second-order valence-electron chi connectivity index (χ2n) is 5.58. The molecular weight excluding hydrogens is 248 g/mol. The van der Waals surface area contributed by atoms with Crippen LogP contribution in [0.15, 0.2) is 42.5 Å². The second-order valence-corrected chi connectivity index (χ2v) is 5.58. The van der Waals surface area contributed by atoms with E-state index in [1.165, 1.54) is 16.7 Å². The number of methoxy groups -OCH3 is 1. The Morgan fingerprint density at radius 3 is 2.30 bits per heavy atom. The molecule has 20 heavy (non-hydrogen) atoms. The van der Waals surface area contributed by atoms with Gasteiger partial charge in [0.15, 0.2) is 0 Å². The summed E-state index contributed by atoms with van der Waals surface area (Å²) in [7, 11) is 1.68. The Hall–Kier alpha value is -1.96. The van der Waals surface area contributed by atoms with Crippen LogP contribution >= 0.6 is 0 Å². The van der Waals surface area contributed by atoms with Crippen LogP contribution in [-0.4, -0.2) is 12.2 Å². The minimum Gasteiger partial charge on any atom is -0.508 e. The van der Waals surface area contributed by atoms with Gasteiger partial charge in [0.2, 0.25) is 0 Å². The molecule has 106 valence electrons. The van der Waals surface area contributed by atoms with Gasteiger partial charge in [-0.25, -0.2) is 0 Å². The van der Waals surface area contributed by atoms with Crippen molar-refractivity contribution in [3.63, 3.8) is 0 Å². The maximum atomic E-state index is 9.67. The molecule has 0 spiro atoms. The maximum absolute atomic E-state index is 9.67. The molecule has 2 aromatic carbocycles. The Morgan fingerprint density at radius 2 is 1.70 bits per heavy atom. The zero-order chi connectivity index (χ0) is 14.5. The van der Waals surface area contributed by atoms with Crippen molar-refractivity contribution in [3.05, 3.63) is 59.2 Å². The Kier molecular flexibility index (Phi) is 4.67. The summed E-state index contributed by atoms with van der Waals surface area (Å²) in [5, 5.41) is 9.67. The van der Waals surface area contributed by atoms with Crippen LogP contribution in [0.25, 0.3) is 0 Å². The quantitative estimate of drug-likeness (QED) is 0.882. The van der Waals surface area contributed by atoms with Crippen molar-refractivity contribution in [1.29, 1.82) is 0 Å². The van der Waals surface area contributed by atoms with Crippen LogP contribution < -0.4 is 4.74 Å². The molecule has 1 N–H and O–H groups in total. The Balaban J connectivity index is 2.22. The number of benzene rings is 2.